The molecule has 2 aromatic rings. The predicted octanol–water partition coefficient (Wildman–Crippen LogP) is 0.908. The van der Waals surface area contributed by atoms with Gasteiger partial charge in [0.1, 0.15) is 5.69 Å². The Morgan fingerprint density at radius 2 is 1.92 bits per heavy atom. The van der Waals surface area contributed by atoms with Crippen LogP contribution < -0.4 is 5.73 Å². The second kappa shape index (κ2) is 6.76. The maximum absolute atomic E-state index is 12.7. The van der Waals surface area contributed by atoms with Gasteiger partial charge >= 0.3 is 5.97 Å². The number of carbonyl (C=O) groups is 3. The van der Waals surface area contributed by atoms with Crippen LogP contribution in [0.1, 0.15) is 33.8 Å². The van der Waals surface area contributed by atoms with Crippen LogP contribution in [-0.2, 0) is 4.79 Å². The number of amides is 2. The van der Waals surface area contributed by atoms with Gasteiger partial charge in [-0.3, -0.25) is 14.4 Å². The molecule has 130 valence electrons. The highest BCUT2D eigenvalue weighted by Crippen LogP contribution is 2.20. The van der Waals surface area contributed by atoms with E-state index in [9.17, 15) is 14.4 Å². The van der Waals surface area contributed by atoms with Gasteiger partial charge in [-0.05, 0) is 25.0 Å². The third-order valence-electron chi connectivity index (χ3n) is 4.24. The Morgan fingerprint density at radius 1 is 1.20 bits per heavy atom. The van der Waals surface area contributed by atoms with Crippen LogP contribution >= 0.6 is 0 Å². The van der Waals surface area contributed by atoms with Gasteiger partial charge in [0.2, 0.25) is 0 Å². The molecule has 1 fully saturated rings. The minimum absolute atomic E-state index is 0.0729. The van der Waals surface area contributed by atoms with Gasteiger partial charge in [-0.15, -0.1) is 0 Å². The fourth-order valence-electron chi connectivity index (χ4n) is 2.95. The number of nitrogens with zero attached hydrogens (tertiary/aromatic N) is 3. The molecule has 0 aliphatic carbocycles. The van der Waals surface area contributed by atoms with E-state index in [1.165, 1.54) is 15.6 Å². The summed E-state index contributed by atoms with van der Waals surface area (Å²) in [5.74, 6) is -2.59. The van der Waals surface area contributed by atoms with Gasteiger partial charge in [0.25, 0.3) is 11.8 Å². The van der Waals surface area contributed by atoms with Crippen LogP contribution in [0, 0.1) is 5.92 Å². The standard InChI is InChI=1S/C17H18N4O4/c18-15(22)14-9-13(19-21(14)12-6-2-1-3-7-12)16(23)20-8-4-5-11(10-20)17(24)25/h1-3,6-7,9,11H,4-5,8,10H2,(H2,18,22)(H,24,25). The molecule has 2 amide bonds. The number of primary amides is 1. The molecule has 0 bridgehead atoms. The average molecular weight is 342 g/mol. The minimum atomic E-state index is -0.912. The summed E-state index contributed by atoms with van der Waals surface area (Å²) in [5, 5.41) is 13.4. The molecule has 1 aromatic heterocycles. The number of carbonyl (C=O) groups excluding carboxylic acids is 2. The zero-order valence-electron chi connectivity index (χ0n) is 13.5. The third kappa shape index (κ3) is 3.37. The SMILES string of the molecule is NC(=O)c1cc(C(=O)N2CCCC(C(=O)O)C2)nn1-c1ccccc1. The van der Waals surface area contributed by atoms with Gasteiger partial charge in [0.05, 0.1) is 11.6 Å². The highest BCUT2D eigenvalue weighted by Gasteiger charge is 2.30. The number of benzene rings is 1. The number of nitrogens with two attached hydrogens (primary N) is 1. The lowest BCUT2D eigenvalue weighted by molar-refractivity contribution is -0.143. The number of aliphatic carboxylic acids is 1. The van der Waals surface area contributed by atoms with Crippen molar-refractivity contribution in [1.29, 1.82) is 0 Å². The number of para-hydroxylation sites is 1. The van der Waals surface area contributed by atoms with Gasteiger partial charge in [-0.1, -0.05) is 18.2 Å². The number of likely N-dealkylation sites (tertiary alicyclic amines) is 1. The normalized spacial score (nSPS) is 17.3. The van der Waals surface area contributed by atoms with Crippen molar-refractivity contribution in [2.45, 2.75) is 12.8 Å². The highest BCUT2D eigenvalue weighted by atomic mass is 16.4. The van der Waals surface area contributed by atoms with Crippen LogP contribution in [0.5, 0.6) is 0 Å². The summed E-state index contributed by atoms with van der Waals surface area (Å²) in [4.78, 5) is 37.0. The Kier molecular flexibility index (Phi) is 4.51. The van der Waals surface area contributed by atoms with Gasteiger partial charge in [0, 0.05) is 19.2 Å². The Labute approximate surface area is 143 Å². The van der Waals surface area contributed by atoms with Crippen molar-refractivity contribution >= 4 is 17.8 Å². The first kappa shape index (κ1) is 16.7. The van der Waals surface area contributed by atoms with E-state index in [1.54, 1.807) is 24.3 Å². The smallest absolute Gasteiger partial charge is 0.308 e. The van der Waals surface area contributed by atoms with Crippen molar-refractivity contribution in [3.63, 3.8) is 0 Å². The van der Waals surface area contributed by atoms with E-state index in [0.29, 0.717) is 25.1 Å². The monoisotopic (exact) mass is 342 g/mol. The highest BCUT2D eigenvalue weighted by molar-refractivity contribution is 5.97. The van der Waals surface area contributed by atoms with Crippen molar-refractivity contribution in [3.05, 3.63) is 47.8 Å². The minimum Gasteiger partial charge on any atom is -0.481 e. The quantitative estimate of drug-likeness (QED) is 0.856. The van der Waals surface area contributed by atoms with Crippen LogP contribution in [0.2, 0.25) is 0 Å². The number of hydrogen-bond donors (Lipinski definition) is 2. The van der Waals surface area contributed by atoms with E-state index >= 15 is 0 Å². The topological polar surface area (TPSA) is 119 Å². The van der Waals surface area contributed by atoms with E-state index in [-0.39, 0.29) is 17.9 Å². The molecule has 1 saturated heterocycles. The van der Waals surface area contributed by atoms with E-state index in [1.807, 2.05) is 6.07 Å². The summed E-state index contributed by atoms with van der Waals surface area (Å²) < 4.78 is 1.33. The lowest BCUT2D eigenvalue weighted by Gasteiger charge is -2.30. The van der Waals surface area contributed by atoms with Gasteiger partial charge < -0.3 is 15.7 Å². The molecule has 2 heterocycles. The summed E-state index contributed by atoms with van der Waals surface area (Å²) in [7, 11) is 0. The second-order valence-corrected chi connectivity index (χ2v) is 5.95. The van der Waals surface area contributed by atoms with Crippen molar-refractivity contribution in [2.24, 2.45) is 11.7 Å². The fourth-order valence-corrected chi connectivity index (χ4v) is 2.95. The molecule has 1 unspecified atom stereocenters. The Balaban J connectivity index is 1.91. The molecule has 3 N–H and O–H groups in total. The molecule has 1 aliphatic rings. The molecule has 1 aliphatic heterocycles. The Morgan fingerprint density at radius 3 is 2.56 bits per heavy atom. The lowest BCUT2D eigenvalue weighted by Crippen LogP contribution is -2.42. The summed E-state index contributed by atoms with van der Waals surface area (Å²) in [5.41, 5.74) is 6.18. The molecule has 0 radical (unpaired) electrons. The molecule has 25 heavy (non-hydrogen) atoms. The average Bonchev–Trinajstić information content (AvgIpc) is 3.07. The maximum atomic E-state index is 12.7. The van der Waals surface area contributed by atoms with Gasteiger partial charge in [-0.2, -0.15) is 5.10 Å². The molecule has 1 atom stereocenters. The largest absolute Gasteiger partial charge is 0.481 e. The van der Waals surface area contributed by atoms with E-state index in [0.717, 1.165) is 0 Å². The molecular weight excluding hydrogens is 324 g/mol. The fraction of sp³-hybridized carbons (Fsp3) is 0.294. The predicted molar refractivity (Wildman–Crippen MR) is 88.3 cm³/mol. The van der Waals surface area contributed by atoms with Gasteiger partial charge in [-0.25, -0.2) is 4.68 Å². The molecule has 0 spiro atoms. The number of piperidine rings is 1. The number of carboxylic acid groups (broad SMARTS) is 1. The summed E-state index contributed by atoms with van der Waals surface area (Å²) in [6.07, 6.45) is 1.16. The zero-order valence-corrected chi connectivity index (χ0v) is 13.5. The molecule has 8 heteroatoms. The van der Waals surface area contributed by atoms with Crippen molar-refractivity contribution < 1.29 is 19.5 Å². The van der Waals surface area contributed by atoms with Crippen molar-refractivity contribution in [1.82, 2.24) is 14.7 Å². The first-order valence-corrected chi connectivity index (χ1v) is 7.94. The second-order valence-electron chi connectivity index (χ2n) is 5.95. The molecule has 8 nitrogen and oxygen atoms in total. The number of carboxylic acids is 1. The van der Waals surface area contributed by atoms with Crippen LogP contribution in [0.15, 0.2) is 36.4 Å². The van der Waals surface area contributed by atoms with Crippen LogP contribution in [0.4, 0.5) is 0 Å². The third-order valence-corrected chi connectivity index (χ3v) is 4.24. The van der Waals surface area contributed by atoms with Crippen LogP contribution in [0.25, 0.3) is 5.69 Å². The molecule has 3 rings (SSSR count). The number of aromatic nitrogens is 2. The van der Waals surface area contributed by atoms with Crippen molar-refractivity contribution in [3.8, 4) is 5.69 Å². The molecule has 0 saturated carbocycles. The molecular formula is C17H18N4O4. The summed E-state index contributed by atoms with van der Waals surface area (Å²) in [6, 6.07) is 10.2. The van der Waals surface area contributed by atoms with Crippen LogP contribution in [0.3, 0.4) is 0 Å². The van der Waals surface area contributed by atoms with Crippen molar-refractivity contribution in [2.75, 3.05) is 13.1 Å². The summed E-state index contributed by atoms with van der Waals surface area (Å²) >= 11 is 0. The maximum Gasteiger partial charge on any atom is 0.308 e. The zero-order chi connectivity index (χ0) is 18.0. The van der Waals surface area contributed by atoms with Gasteiger partial charge in [0.15, 0.2) is 5.69 Å². The number of rotatable bonds is 4. The molecule has 1 aromatic carbocycles. The van der Waals surface area contributed by atoms with E-state index in [2.05, 4.69) is 5.10 Å². The Hall–Kier alpha value is -3.16. The number of hydrogen-bond acceptors (Lipinski definition) is 4. The lowest BCUT2D eigenvalue weighted by atomic mass is 9.98. The van der Waals surface area contributed by atoms with Crippen LogP contribution in [-0.4, -0.2) is 50.7 Å². The first-order chi connectivity index (χ1) is 12.0. The Bertz CT molecular complexity index is 815. The van der Waals surface area contributed by atoms with E-state index < -0.39 is 23.7 Å². The summed E-state index contributed by atoms with van der Waals surface area (Å²) in [6.45, 7) is 0.602. The first-order valence-electron chi connectivity index (χ1n) is 7.94. The van der Waals surface area contributed by atoms with E-state index in [4.69, 9.17) is 10.8 Å².